The first-order valence-corrected chi connectivity index (χ1v) is 22.3. The number of ether oxygens (including phenoxy) is 2. The highest BCUT2D eigenvalue weighted by Crippen LogP contribution is 2.59. The number of alkyl halides is 2. The van der Waals surface area contributed by atoms with Crippen molar-refractivity contribution in [1.29, 1.82) is 0 Å². The second-order valence-corrected chi connectivity index (χ2v) is 19.1. The minimum absolute atomic E-state index is 0.00820. The lowest BCUT2D eigenvalue weighted by Gasteiger charge is -2.35. The number of carbonyl (C=O) groups excluding carboxylic acids is 4. The Bertz CT molecular complexity index is 2810. The molecule has 2 saturated heterocycles. The number of hydrogen-bond donors (Lipinski definition) is 4. The van der Waals surface area contributed by atoms with Crippen molar-refractivity contribution >= 4 is 35.0 Å². The van der Waals surface area contributed by atoms with Crippen LogP contribution in [0.15, 0.2) is 72.4 Å². The number of imidazole rings is 2. The van der Waals surface area contributed by atoms with Crippen molar-refractivity contribution in [2.75, 3.05) is 20.8 Å². The van der Waals surface area contributed by atoms with Crippen molar-refractivity contribution in [2.45, 2.75) is 95.9 Å². The summed E-state index contributed by atoms with van der Waals surface area (Å²) in [7, 11) is 2.53. The predicted molar refractivity (Wildman–Crippen MR) is 237 cm³/mol. The van der Waals surface area contributed by atoms with Crippen molar-refractivity contribution in [3.8, 4) is 33.5 Å². The maximum absolute atomic E-state index is 16.7. The van der Waals surface area contributed by atoms with E-state index in [2.05, 4.69) is 26.7 Å². The van der Waals surface area contributed by atoms with E-state index < -0.39 is 36.2 Å². The minimum Gasteiger partial charge on any atom is -0.453 e. The number of methoxy groups -OCH3 is 2. The molecule has 4 amide bonds. The Morgan fingerprint density at radius 1 is 0.800 bits per heavy atom. The molecule has 338 valence electrons. The Hall–Kier alpha value is -6.58. The molecule has 0 radical (unpaired) electrons. The molecule has 2 aromatic heterocycles. The number of carbonyl (C=O) groups is 4. The number of aromatic amines is 2. The highest BCUT2D eigenvalue weighted by molar-refractivity contribution is 5.90. The van der Waals surface area contributed by atoms with Crippen molar-refractivity contribution in [3.63, 3.8) is 0 Å². The quantitative estimate of drug-likeness (QED) is 0.101. The molecule has 5 atom stereocenters. The molecular formula is C49H52F2N8O6. The van der Waals surface area contributed by atoms with E-state index in [1.54, 1.807) is 29.3 Å². The van der Waals surface area contributed by atoms with Gasteiger partial charge in [0.15, 0.2) is 0 Å². The van der Waals surface area contributed by atoms with E-state index >= 15 is 8.78 Å². The summed E-state index contributed by atoms with van der Waals surface area (Å²) in [6, 6.07) is 13.4. The summed E-state index contributed by atoms with van der Waals surface area (Å²) in [6.07, 6.45) is 6.61. The SMILES string of the molecule is COC(=O)NC(C(=O)N1CC2(CC2)CC1c1ncc(-c2ccc3c(c2)C(F)(F)c2cc(-c4ccc5nc(C6C7=CCC(C7)N6C(=O)C(NC(=O)OC)C(C)C)[nH]c5c4)ccc2-3)[nH]1)C(C)C. The van der Waals surface area contributed by atoms with Crippen LogP contribution in [0.5, 0.6) is 0 Å². The third-order valence-electron chi connectivity index (χ3n) is 14.3. The molecule has 2 bridgehead atoms. The van der Waals surface area contributed by atoms with Crippen LogP contribution < -0.4 is 10.6 Å². The molecule has 1 spiro atoms. The molecule has 16 heteroatoms. The summed E-state index contributed by atoms with van der Waals surface area (Å²) in [5, 5.41) is 5.41. The topological polar surface area (TPSA) is 175 Å². The zero-order chi connectivity index (χ0) is 45.7. The van der Waals surface area contributed by atoms with Gasteiger partial charge in [0.1, 0.15) is 29.8 Å². The van der Waals surface area contributed by atoms with Crippen LogP contribution in [0.2, 0.25) is 0 Å². The fraction of sp³-hybridized carbons (Fsp3) is 0.429. The third-order valence-corrected chi connectivity index (χ3v) is 14.3. The molecule has 10 rings (SSSR count). The number of benzene rings is 3. The molecule has 3 aliphatic carbocycles. The van der Waals surface area contributed by atoms with E-state index in [9.17, 15) is 19.2 Å². The fourth-order valence-corrected chi connectivity index (χ4v) is 10.5. The summed E-state index contributed by atoms with van der Waals surface area (Å²) in [5.74, 6) is -2.89. The lowest BCUT2D eigenvalue weighted by Crippen LogP contribution is -2.53. The molecule has 14 nitrogen and oxygen atoms in total. The summed E-state index contributed by atoms with van der Waals surface area (Å²) in [6.45, 7) is 8.05. The van der Waals surface area contributed by atoms with Gasteiger partial charge in [0.25, 0.3) is 5.92 Å². The average Bonchev–Trinajstić information content (AvgIpc) is 3.95. The van der Waals surface area contributed by atoms with Crippen LogP contribution in [0.25, 0.3) is 44.5 Å². The Labute approximate surface area is 374 Å². The maximum atomic E-state index is 16.7. The number of alkyl carbamates (subject to hydrolysis) is 2. The highest BCUT2D eigenvalue weighted by Gasteiger charge is 2.55. The first-order valence-electron chi connectivity index (χ1n) is 22.3. The smallest absolute Gasteiger partial charge is 0.407 e. The summed E-state index contributed by atoms with van der Waals surface area (Å²) in [5.41, 5.74) is 5.65. The lowest BCUT2D eigenvalue weighted by molar-refractivity contribution is -0.137. The molecule has 1 saturated carbocycles. The number of aromatic nitrogens is 4. The lowest BCUT2D eigenvalue weighted by atomic mass is 9.98. The number of nitrogens with one attached hydrogen (secondary N) is 4. The van der Waals surface area contributed by atoms with Gasteiger partial charge in [-0.25, -0.2) is 19.6 Å². The first-order chi connectivity index (χ1) is 31.1. The number of hydrogen-bond acceptors (Lipinski definition) is 8. The van der Waals surface area contributed by atoms with Crippen molar-refractivity contribution in [1.82, 2.24) is 40.4 Å². The van der Waals surface area contributed by atoms with Gasteiger partial charge in [0, 0.05) is 29.3 Å². The molecule has 5 aliphatic rings. The third kappa shape index (κ3) is 7.12. The normalized spacial score (nSPS) is 21.7. The van der Waals surface area contributed by atoms with Gasteiger partial charge in [0.2, 0.25) is 11.8 Å². The molecular weight excluding hydrogens is 835 g/mol. The average molecular weight is 887 g/mol. The predicted octanol–water partition coefficient (Wildman–Crippen LogP) is 8.53. The standard InChI is InChI=1S/C49H52F2N8O6/c1-24(2)39(56-46(62)64-5)44(60)58-23-48(15-16-48)21-38(58)42-52-22-37(55-42)28-9-13-32-31-12-8-26(18-33(31)49(50,51)34(32)19-28)27-10-14-35-36(20-27)54-43(53-35)41-29-7-11-30(17-29)59(41)45(61)40(25(3)4)57-47(63)65-6/h7-10,12-14,18-20,22,24-25,30,38-41H,11,15-17,21,23H2,1-6H3,(H,52,55)(H,53,54)(H,56,62)(H,57,63). The van der Waals surface area contributed by atoms with Gasteiger partial charge in [-0.3, -0.25) is 9.59 Å². The zero-order valence-corrected chi connectivity index (χ0v) is 37.1. The molecule has 5 aromatic rings. The molecule has 3 aromatic carbocycles. The van der Waals surface area contributed by atoms with Crippen LogP contribution in [0.1, 0.15) is 94.7 Å². The number of amides is 4. The molecule has 5 unspecified atom stereocenters. The summed E-state index contributed by atoms with van der Waals surface area (Å²) < 4.78 is 43.0. The van der Waals surface area contributed by atoms with Gasteiger partial charge < -0.3 is 39.9 Å². The Kier molecular flexibility index (Phi) is 10.1. The van der Waals surface area contributed by atoms with Crippen LogP contribution >= 0.6 is 0 Å². The van der Waals surface area contributed by atoms with Crippen LogP contribution in [-0.2, 0) is 25.0 Å². The number of halogens is 2. The molecule has 65 heavy (non-hydrogen) atoms. The van der Waals surface area contributed by atoms with Crippen molar-refractivity contribution in [3.05, 3.63) is 95.2 Å². The Morgan fingerprint density at radius 3 is 2.06 bits per heavy atom. The molecule has 2 aliphatic heterocycles. The largest absolute Gasteiger partial charge is 0.453 e. The van der Waals surface area contributed by atoms with Crippen molar-refractivity contribution < 1.29 is 37.4 Å². The molecule has 3 fully saturated rings. The van der Waals surface area contributed by atoms with Gasteiger partial charge in [-0.05, 0) is 101 Å². The highest BCUT2D eigenvalue weighted by atomic mass is 19.3. The molecule has 4 heterocycles. The van der Waals surface area contributed by atoms with Crippen molar-refractivity contribution in [2.24, 2.45) is 17.3 Å². The number of fused-ring (bicyclic) bond motifs is 6. The van der Waals surface area contributed by atoms with E-state index in [0.717, 1.165) is 43.2 Å². The second kappa shape index (κ2) is 15.5. The summed E-state index contributed by atoms with van der Waals surface area (Å²) >= 11 is 0. The van der Waals surface area contributed by atoms with Crippen LogP contribution in [0, 0.1) is 17.3 Å². The van der Waals surface area contributed by atoms with Crippen LogP contribution in [0.4, 0.5) is 18.4 Å². The maximum Gasteiger partial charge on any atom is 0.407 e. The number of nitrogens with zero attached hydrogens (tertiary/aromatic N) is 4. The van der Waals surface area contributed by atoms with Gasteiger partial charge in [-0.2, -0.15) is 8.78 Å². The van der Waals surface area contributed by atoms with E-state index in [-0.39, 0.29) is 52.3 Å². The second-order valence-electron chi connectivity index (χ2n) is 19.1. The number of H-pyrrole nitrogens is 2. The van der Waals surface area contributed by atoms with Gasteiger partial charge in [-0.15, -0.1) is 0 Å². The fourth-order valence-electron chi connectivity index (χ4n) is 10.5. The van der Waals surface area contributed by atoms with Gasteiger partial charge in [0.05, 0.1) is 43.2 Å². The van der Waals surface area contributed by atoms with Gasteiger partial charge >= 0.3 is 12.2 Å². The molecule has 4 N–H and O–H groups in total. The van der Waals surface area contributed by atoms with Crippen LogP contribution in [-0.4, -0.2) is 92.6 Å². The van der Waals surface area contributed by atoms with Crippen LogP contribution in [0.3, 0.4) is 0 Å². The monoisotopic (exact) mass is 886 g/mol. The van der Waals surface area contributed by atoms with Gasteiger partial charge in [-0.1, -0.05) is 64.1 Å². The summed E-state index contributed by atoms with van der Waals surface area (Å²) in [4.78, 5) is 72.4. The van der Waals surface area contributed by atoms with E-state index in [1.165, 1.54) is 20.3 Å². The Morgan fingerprint density at radius 2 is 1.42 bits per heavy atom. The number of likely N-dealkylation sites (tertiary alicyclic amines) is 2. The number of rotatable bonds is 10. The Balaban J connectivity index is 0.898. The van der Waals surface area contributed by atoms with E-state index in [4.69, 9.17) is 19.4 Å². The minimum atomic E-state index is -3.29. The zero-order valence-electron chi connectivity index (χ0n) is 37.1. The first kappa shape index (κ1) is 42.4. The van der Waals surface area contributed by atoms with E-state index in [1.807, 2.05) is 62.9 Å². The van der Waals surface area contributed by atoms with E-state index in [0.29, 0.717) is 57.2 Å².